The minimum absolute atomic E-state index is 0.136. The lowest BCUT2D eigenvalue weighted by Gasteiger charge is -2.26. The van der Waals surface area contributed by atoms with Crippen LogP contribution in [0.1, 0.15) is 258 Å². The average molecular weight is 1260 g/mol. The Bertz CT molecular complexity index is 2150. The van der Waals surface area contributed by atoms with Crippen LogP contribution < -0.4 is 5.11 Å². The summed E-state index contributed by atoms with van der Waals surface area (Å²) in [4.78, 5) is 37.5. The quantitative estimate of drug-likeness (QED) is 0.0195. The first-order chi connectivity index (χ1) is 44.6. The van der Waals surface area contributed by atoms with E-state index in [1.165, 1.54) is 70.6 Å². The Morgan fingerprint density at radius 1 is 0.330 bits per heavy atom. The highest BCUT2D eigenvalue weighted by molar-refractivity contribution is 5.70. The molecule has 0 N–H and O–H groups in total. The number of ether oxygens (including phenoxy) is 4. The zero-order valence-corrected chi connectivity index (χ0v) is 58.4. The summed E-state index contributed by atoms with van der Waals surface area (Å²) in [5.41, 5.74) is 0. The predicted molar refractivity (Wildman–Crippen MR) is 388 cm³/mol. The molecule has 0 rings (SSSR count). The first-order valence-electron chi connectivity index (χ1n) is 35.9. The van der Waals surface area contributed by atoms with Crippen molar-refractivity contribution in [3.63, 3.8) is 0 Å². The third kappa shape index (κ3) is 71.7. The van der Waals surface area contributed by atoms with Crippen molar-refractivity contribution < 1.29 is 42.9 Å². The highest BCUT2D eigenvalue weighted by atomic mass is 16.7. The number of likely N-dealkylation sites (N-methyl/N-ethyl adjacent to an activating group) is 1. The second-order valence-electron chi connectivity index (χ2n) is 24.4. The maximum absolute atomic E-state index is 12.9. The van der Waals surface area contributed by atoms with Gasteiger partial charge in [0.2, 0.25) is 0 Å². The Labute approximate surface area is 558 Å². The molecule has 0 saturated heterocycles. The maximum atomic E-state index is 12.9. The molecule has 0 aromatic carbocycles. The Morgan fingerprint density at radius 3 is 0.879 bits per heavy atom. The van der Waals surface area contributed by atoms with Crippen molar-refractivity contribution >= 4 is 17.9 Å². The number of carbonyl (C=O) groups excluding carboxylic acids is 3. The number of allylic oxidation sites excluding steroid dienone is 30. The van der Waals surface area contributed by atoms with E-state index in [1.807, 2.05) is 21.1 Å². The van der Waals surface area contributed by atoms with Crippen LogP contribution in [-0.4, -0.2) is 82.3 Å². The predicted octanol–water partition coefficient (Wildman–Crippen LogP) is 21.5. The van der Waals surface area contributed by atoms with Crippen molar-refractivity contribution in [1.29, 1.82) is 0 Å². The van der Waals surface area contributed by atoms with Crippen LogP contribution in [0.15, 0.2) is 182 Å². The monoisotopic (exact) mass is 1260 g/mol. The lowest BCUT2D eigenvalue weighted by molar-refractivity contribution is -0.870. The van der Waals surface area contributed by atoms with Crippen molar-refractivity contribution in [1.82, 2.24) is 0 Å². The van der Waals surface area contributed by atoms with Gasteiger partial charge in [-0.15, -0.1) is 0 Å². The van der Waals surface area contributed by atoms with Crippen molar-refractivity contribution in [3.8, 4) is 0 Å². The highest BCUT2D eigenvalue weighted by Gasteiger charge is 2.22. The van der Waals surface area contributed by atoms with Crippen LogP contribution in [0.3, 0.4) is 0 Å². The number of hydrogen-bond donors (Lipinski definition) is 0. The van der Waals surface area contributed by atoms with Gasteiger partial charge >= 0.3 is 11.9 Å². The Hall–Kier alpha value is -5.61. The standard InChI is InChI=1S/C82H131NO8/c1-6-8-10-12-14-16-18-20-22-24-26-28-30-32-34-36-38-39-40-41-43-45-47-49-51-53-55-57-59-61-63-65-67-69-71-73-80(85)91-78(77-90-82(81(86)87)88-75-74-83(3,4)5)76-89-79(84)72-70-68-66-64-62-60-58-56-54-52-50-48-46-44-42-37-35-33-31-29-27-25-23-21-19-17-15-13-11-9-7-2/h8-11,14-17,20-23,26-29,32-35,38-39,41-44,47-50,78,82H,6-7,12-13,18-19,24-25,30-31,36-37,40,45-46,51-77H2,1-5H3/b10-8-,11-9-,16-14-,17-15-,22-20-,23-21-,28-26-,29-27-,34-32-,35-33-,39-38-,43-41-,44-42-,49-47-,50-48-. The van der Waals surface area contributed by atoms with Crippen LogP contribution in [0, 0.1) is 0 Å². The summed E-state index contributed by atoms with van der Waals surface area (Å²) in [6.07, 6.45) is 104. The summed E-state index contributed by atoms with van der Waals surface area (Å²) in [7, 11) is 5.92. The molecule has 0 aliphatic rings. The van der Waals surface area contributed by atoms with E-state index in [1.54, 1.807) is 0 Å². The van der Waals surface area contributed by atoms with E-state index < -0.39 is 24.3 Å². The molecule has 0 fully saturated rings. The molecule has 9 heteroatoms. The summed E-state index contributed by atoms with van der Waals surface area (Å²) in [6.45, 7) is 4.49. The molecule has 0 saturated carbocycles. The van der Waals surface area contributed by atoms with E-state index in [0.29, 0.717) is 17.4 Å². The van der Waals surface area contributed by atoms with Crippen LogP contribution in [0.4, 0.5) is 0 Å². The molecule has 0 heterocycles. The molecule has 0 radical (unpaired) electrons. The number of unbranched alkanes of at least 4 members (excludes halogenated alkanes) is 19. The Balaban J connectivity index is 4.20. The molecule has 0 aliphatic carbocycles. The number of rotatable bonds is 64. The SMILES string of the molecule is CC/C=C\C/C=C\C/C=C\C/C=C\C/C=C\C/C=C\C/C=C\C/C=C\CCCCCCCCCCCCC(=O)OC(COC(=O)CCCCCCCCCCC/C=C\C/C=C\C/C=C\C/C=C\C/C=C\C/C=C\C/C=C\CC)COC(OCC[N+](C)(C)C)C(=O)[O-]. The maximum Gasteiger partial charge on any atom is 0.306 e. The number of aliphatic carboxylic acids is 1. The molecule has 2 atom stereocenters. The zero-order chi connectivity index (χ0) is 66.1. The van der Waals surface area contributed by atoms with Crippen molar-refractivity contribution in [2.75, 3.05) is 47.5 Å². The van der Waals surface area contributed by atoms with Gasteiger partial charge in [-0.05, 0) is 135 Å². The van der Waals surface area contributed by atoms with Gasteiger partial charge < -0.3 is 33.3 Å². The molecule has 0 aromatic heterocycles. The molecule has 0 spiro atoms. The first kappa shape index (κ1) is 85.4. The van der Waals surface area contributed by atoms with Crippen molar-refractivity contribution in [3.05, 3.63) is 182 Å². The van der Waals surface area contributed by atoms with Crippen LogP contribution >= 0.6 is 0 Å². The number of carboxylic acids is 1. The van der Waals surface area contributed by atoms with Crippen LogP contribution in [0.5, 0.6) is 0 Å². The lowest BCUT2D eigenvalue weighted by atomic mass is 10.0. The highest BCUT2D eigenvalue weighted by Crippen LogP contribution is 2.16. The summed E-state index contributed by atoms with van der Waals surface area (Å²) < 4.78 is 22.8. The number of carbonyl (C=O) groups is 3. The molecule has 0 amide bonds. The zero-order valence-electron chi connectivity index (χ0n) is 58.4. The van der Waals surface area contributed by atoms with Gasteiger partial charge in [-0.3, -0.25) is 9.59 Å². The summed E-state index contributed by atoms with van der Waals surface area (Å²) in [6, 6.07) is 0. The molecule has 2 unspecified atom stereocenters. The number of nitrogens with zero attached hydrogens (tertiary/aromatic N) is 1. The molecule has 91 heavy (non-hydrogen) atoms. The van der Waals surface area contributed by atoms with Crippen LogP contribution in [0.25, 0.3) is 0 Å². The second kappa shape index (κ2) is 70.3. The molecular formula is C82H131NO8. The number of carboxylic acid groups (broad SMARTS) is 1. The van der Waals surface area contributed by atoms with Gasteiger partial charge in [-0.25, -0.2) is 0 Å². The smallest absolute Gasteiger partial charge is 0.306 e. The molecule has 0 bridgehead atoms. The van der Waals surface area contributed by atoms with Gasteiger partial charge in [0.15, 0.2) is 12.4 Å². The Morgan fingerprint density at radius 2 is 0.593 bits per heavy atom. The van der Waals surface area contributed by atoms with E-state index in [0.717, 1.165) is 154 Å². The molecule has 512 valence electrons. The number of hydrogen-bond acceptors (Lipinski definition) is 8. The van der Waals surface area contributed by atoms with E-state index >= 15 is 0 Å². The second-order valence-corrected chi connectivity index (χ2v) is 24.4. The van der Waals surface area contributed by atoms with Gasteiger partial charge in [-0.2, -0.15) is 0 Å². The topological polar surface area (TPSA) is 111 Å². The number of esters is 2. The van der Waals surface area contributed by atoms with E-state index in [-0.39, 0.29) is 38.6 Å². The third-order valence-corrected chi connectivity index (χ3v) is 14.6. The van der Waals surface area contributed by atoms with Gasteiger partial charge in [0, 0.05) is 12.8 Å². The number of quaternary nitrogens is 1. The van der Waals surface area contributed by atoms with Gasteiger partial charge in [0.25, 0.3) is 0 Å². The van der Waals surface area contributed by atoms with E-state index in [4.69, 9.17) is 18.9 Å². The summed E-state index contributed by atoms with van der Waals surface area (Å²) in [5.74, 6) is -2.31. The fraction of sp³-hybridized carbons (Fsp3) is 0.598. The molecule has 9 nitrogen and oxygen atoms in total. The average Bonchev–Trinajstić information content (AvgIpc) is 3.46. The van der Waals surface area contributed by atoms with Crippen LogP contribution in [-0.2, 0) is 33.3 Å². The normalized spacial score (nSPS) is 13.8. The molecular weight excluding hydrogens is 1130 g/mol. The van der Waals surface area contributed by atoms with Crippen molar-refractivity contribution in [2.45, 2.75) is 270 Å². The minimum Gasteiger partial charge on any atom is -0.545 e. The minimum atomic E-state index is -1.64. The van der Waals surface area contributed by atoms with E-state index in [9.17, 15) is 19.5 Å². The lowest BCUT2D eigenvalue weighted by Crippen LogP contribution is -2.44. The molecule has 0 aromatic rings. The summed E-state index contributed by atoms with van der Waals surface area (Å²) >= 11 is 0. The fourth-order valence-electron chi connectivity index (χ4n) is 9.24. The van der Waals surface area contributed by atoms with Crippen molar-refractivity contribution in [2.24, 2.45) is 0 Å². The fourth-order valence-corrected chi connectivity index (χ4v) is 9.24. The Kier molecular flexibility index (Phi) is 65.9. The first-order valence-corrected chi connectivity index (χ1v) is 35.9. The van der Waals surface area contributed by atoms with Gasteiger partial charge in [-0.1, -0.05) is 292 Å². The molecule has 0 aliphatic heterocycles. The van der Waals surface area contributed by atoms with Gasteiger partial charge in [0.05, 0.1) is 40.3 Å². The van der Waals surface area contributed by atoms with E-state index in [2.05, 4.69) is 196 Å². The van der Waals surface area contributed by atoms with Crippen LogP contribution in [0.2, 0.25) is 0 Å². The van der Waals surface area contributed by atoms with Gasteiger partial charge in [0.1, 0.15) is 13.2 Å². The summed E-state index contributed by atoms with van der Waals surface area (Å²) in [5, 5.41) is 11.8. The largest absolute Gasteiger partial charge is 0.545 e. The third-order valence-electron chi connectivity index (χ3n) is 14.6.